The smallest absolute Gasteiger partial charge is 0.272 e. The Bertz CT molecular complexity index is 833. The van der Waals surface area contributed by atoms with Crippen molar-refractivity contribution in [3.05, 3.63) is 30.2 Å². The summed E-state index contributed by atoms with van der Waals surface area (Å²) in [5.41, 5.74) is 6.68. The maximum absolute atomic E-state index is 12.4. The third-order valence-corrected chi connectivity index (χ3v) is 3.70. The molecule has 3 aromatic heterocycles. The van der Waals surface area contributed by atoms with Gasteiger partial charge < -0.3 is 15.1 Å². The molecule has 1 aliphatic rings. The molecule has 4 rings (SSSR count). The monoisotopic (exact) mass is 298 g/mol. The van der Waals surface area contributed by atoms with Crippen molar-refractivity contribution in [1.29, 1.82) is 0 Å². The second-order valence-electron chi connectivity index (χ2n) is 5.18. The van der Waals surface area contributed by atoms with Gasteiger partial charge in [-0.2, -0.15) is 4.52 Å². The summed E-state index contributed by atoms with van der Waals surface area (Å²) in [7, 11) is 0. The van der Waals surface area contributed by atoms with Crippen LogP contribution in [0.3, 0.4) is 0 Å². The summed E-state index contributed by atoms with van der Waals surface area (Å²) in [6.45, 7) is 1.52. The molecule has 0 radical (unpaired) electrons. The zero-order valence-corrected chi connectivity index (χ0v) is 11.8. The standard InChI is InChI=1S/C14H14N6O2/c15-14-16-9(13(21)19-5-1-2-6-19)8-11-17-12(18-20(11)14)10-4-3-7-22-10/h3-4,7-8H,1-2,5-6H2,(H2,15,16). The molecule has 1 amide bonds. The third kappa shape index (κ3) is 2.00. The first-order valence-corrected chi connectivity index (χ1v) is 7.09. The normalized spacial score (nSPS) is 14.8. The molecule has 3 aromatic rings. The number of carbonyl (C=O) groups excluding carboxylic acids is 1. The lowest BCUT2D eigenvalue weighted by Gasteiger charge is -2.14. The van der Waals surface area contributed by atoms with Gasteiger partial charge in [-0.15, -0.1) is 5.10 Å². The van der Waals surface area contributed by atoms with E-state index < -0.39 is 0 Å². The Morgan fingerprint density at radius 2 is 2.09 bits per heavy atom. The maximum Gasteiger partial charge on any atom is 0.272 e. The van der Waals surface area contributed by atoms with Crippen molar-refractivity contribution in [2.24, 2.45) is 0 Å². The molecule has 0 spiro atoms. The number of nitrogens with two attached hydrogens (primary N) is 1. The van der Waals surface area contributed by atoms with Crippen LogP contribution in [0.1, 0.15) is 23.3 Å². The van der Waals surface area contributed by atoms with E-state index in [1.54, 1.807) is 29.4 Å². The fraction of sp³-hybridized carbons (Fsp3) is 0.286. The van der Waals surface area contributed by atoms with Crippen molar-refractivity contribution >= 4 is 17.5 Å². The minimum atomic E-state index is -0.116. The first-order valence-electron chi connectivity index (χ1n) is 7.09. The number of rotatable bonds is 2. The van der Waals surface area contributed by atoms with Crippen LogP contribution < -0.4 is 5.73 Å². The van der Waals surface area contributed by atoms with Crippen LogP contribution in [0.15, 0.2) is 28.9 Å². The van der Waals surface area contributed by atoms with Crippen molar-refractivity contribution in [3.63, 3.8) is 0 Å². The summed E-state index contributed by atoms with van der Waals surface area (Å²) < 4.78 is 6.67. The number of anilines is 1. The van der Waals surface area contributed by atoms with Gasteiger partial charge in [-0.05, 0) is 25.0 Å². The van der Waals surface area contributed by atoms with Crippen molar-refractivity contribution < 1.29 is 9.21 Å². The number of hydrogen-bond acceptors (Lipinski definition) is 6. The molecular weight excluding hydrogens is 284 g/mol. The highest BCUT2D eigenvalue weighted by Crippen LogP contribution is 2.19. The van der Waals surface area contributed by atoms with E-state index in [1.807, 2.05) is 0 Å². The molecule has 0 aromatic carbocycles. The van der Waals surface area contributed by atoms with E-state index in [1.165, 1.54) is 4.52 Å². The summed E-state index contributed by atoms with van der Waals surface area (Å²) in [4.78, 5) is 22.7. The Morgan fingerprint density at radius 3 is 2.82 bits per heavy atom. The van der Waals surface area contributed by atoms with Crippen LogP contribution >= 0.6 is 0 Å². The highest BCUT2D eigenvalue weighted by atomic mass is 16.3. The van der Waals surface area contributed by atoms with Crippen LogP contribution in [0.25, 0.3) is 17.2 Å². The summed E-state index contributed by atoms with van der Waals surface area (Å²) in [5, 5.41) is 4.25. The zero-order valence-electron chi connectivity index (χ0n) is 11.8. The van der Waals surface area contributed by atoms with E-state index in [-0.39, 0.29) is 11.9 Å². The SMILES string of the molecule is Nc1nc(C(=O)N2CCCC2)cc2nc(-c3ccco3)nn12. The predicted molar refractivity (Wildman–Crippen MR) is 78.0 cm³/mol. The Hall–Kier alpha value is -2.90. The lowest BCUT2D eigenvalue weighted by molar-refractivity contribution is 0.0787. The van der Waals surface area contributed by atoms with E-state index in [2.05, 4.69) is 15.1 Å². The minimum absolute atomic E-state index is 0.116. The van der Waals surface area contributed by atoms with Crippen LogP contribution in [0, 0.1) is 0 Å². The topological polar surface area (TPSA) is 103 Å². The molecule has 8 nitrogen and oxygen atoms in total. The van der Waals surface area contributed by atoms with E-state index in [0.717, 1.165) is 25.9 Å². The number of hydrogen-bond donors (Lipinski definition) is 1. The quantitative estimate of drug-likeness (QED) is 0.762. The van der Waals surface area contributed by atoms with Crippen LogP contribution in [-0.2, 0) is 0 Å². The van der Waals surface area contributed by atoms with Gasteiger partial charge in [0, 0.05) is 19.2 Å². The number of aromatic nitrogens is 4. The van der Waals surface area contributed by atoms with Crippen LogP contribution in [0.2, 0.25) is 0 Å². The van der Waals surface area contributed by atoms with Gasteiger partial charge in [0.05, 0.1) is 6.26 Å². The number of nitrogen functional groups attached to an aromatic ring is 1. The second-order valence-corrected chi connectivity index (χ2v) is 5.18. The van der Waals surface area contributed by atoms with Gasteiger partial charge in [0.1, 0.15) is 5.69 Å². The first kappa shape index (κ1) is 12.8. The number of nitrogens with zero attached hydrogens (tertiary/aromatic N) is 5. The Balaban J connectivity index is 1.77. The molecule has 1 fully saturated rings. The molecule has 112 valence electrons. The molecule has 2 N–H and O–H groups in total. The summed E-state index contributed by atoms with van der Waals surface area (Å²) >= 11 is 0. The second kappa shape index (κ2) is 4.83. The fourth-order valence-electron chi connectivity index (χ4n) is 2.61. The predicted octanol–water partition coefficient (Wildman–Crippen LogP) is 1.20. The van der Waals surface area contributed by atoms with Gasteiger partial charge >= 0.3 is 0 Å². The Kier molecular flexibility index (Phi) is 2.81. The van der Waals surface area contributed by atoms with Crippen LogP contribution in [0.4, 0.5) is 5.95 Å². The van der Waals surface area contributed by atoms with Gasteiger partial charge in [-0.1, -0.05) is 0 Å². The average molecular weight is 298 g/mol. The lowest BCUT2D eigenvalue weighted by Crippen LogP contribution is -2.28. The molecule has 0 bridgehead atoms. The zero-order chi connectivity index (χ0) is 15.1. The van der Waals surface area contributed by atoms with E-state index in [4.69, 9.17) is 10.2 Å². The van der Waals surface area contributed by atoms with Crippen molar-refractivity contribution in [3.8, 4) is 11.6 Å². The van der Waals surface area contributed by atoms with Crippen molar-refractivity contribution in [2.75, 3.05) is 18.8 Å². The Labute approximate surface area is 125 Å². The highest BCUT2D eigenvalue weighted by molar-refractivity contribution is 5.93. The summed E-state index contributed by atoms with van der Waals surface area (Å²) in [6, 6.07) is 5.12. The number of carbonyl (C=O) groups is 1. The molecule has 4 heterocycles. The largest absolute Gasteiger partial charge is 0.461 e. The summed E-state index contributed by atoms with van der Waals surface area (Å²) in [5.74, 6) is 0.958. The van der Waals surface area contributed by atoms with Gasteiger partial charge in [-0.3, -0.25) is 4.79 Å². The van der Waals surface area contributed by atoms with Gasteiger partial charge in [0.25, 0.3) is 5.91 Å². The van der Waals surface area contributed by atoms with E-state index in [9.17, 15) is 4.79 Å². The third-order valence-electron chi connectivity index (χ3n) is 3.70. The molecule has 8 heteroatoms. The molecule has 0 unspecified atom stereocenters. The molecular formula is C14H14N6O2. The molecule has 0 aliphatic carbocycles. The fourth-order valence-corrected chi connectivity index (χ4v) is 2.61. The number of furan rings is 1. The molecule has 1 saturated heterocycles. The number of amides is 1. The van der Waals surface area contributed by atoms with Crippen molar-refractivity contribution in [1.82, 2.24) is 24.5 Å². The lowest BCUT2D eigenvalue weighted by atomic mass is 10.3. The number of likely N-dealkylation sites (tertiary alicyclic amines) is 1. The van der Waals surface area contributed by atoms with E-state index in [0.29, 0.717) is 22.9 Å². The average Bonchev–Trinajstić information content (AvgIpc) is 3.25. The molecule has 0 saturated carbocycles. The van der Waals surface area contributed by atoms with Crippen molar-refractivity contribution in [2.45, 2.75) is 12.8 Å². The minimum Gasteiger partial charge on any atom is -0.461 e. The van der Waals surface area contributed by atoms with Gasteiger partial charge in [-0.25, -0.2) is 9.97 Å². The highest BCUT2D eigenvalue weighted by Gasteiger charge is 2.22. The van der Waals surface area contributed by atoms with Gasteiger partial charge in [0.2, 0.25) is 11.8 Å². The molecule has 0 atom stereocenters. The number of fused-ring (bicyclic) bond motifs is 1. The van der Waals surface area contributed by atoms with Gasteiger partial charge in [0.15, 0.2) is 11.4 Å². The maximum atomic E-state index is 12.4. The first-order chi connectivity index (χ1) is 10.7. The Morgan fingerprint density at radius 1 is 1.27 bits per heavy atom. The van der Waals surface area contributed by atoms with E-state index >= 15 is 0 Å². The van der Waals surface area contributed by atoms with Crippen LogP contribution in [-0.4, -0.2) is 43.5 Å². The molecule has 22 heavy (non-hydrogen) atoms. The van der Waals surface area contributed by atoms with Crippen LogP contribution in [0.5, 0.6) is 0 Å². The summed E-state index contributed by atoms with van der Waals surface area (Å²) in [6.07, 6.45) is 3.60. The molecule has 1 aliphatic heterocycles.